The molecule has 3 aliphatic rings. The van der Waals surface area contributed by atoms with Crippen molar-refractivity contribution in [3.63, 3.8) is 0 Å². The molecule has 3 aliphatic heterocycles. The Hall–Kier alpha value is -1.73. The summed E-state index contributed by atoms with van der Waals surface area (Å²) in [6, 6.07) is 9.02. The number of fused-ring (bicyclic) bond motifs is 2. The Labute approximate surface area is 174 Å². The molecule has 4 rings (SSSR count). The van der Waals surface area contributed by atoms with E-state index in [1.54, 1.807) is 0 Å². The molecule has 1 amide bonds. The number of carbonyl (C=O) groups is 1. The van der Waals surface area contributed by atoms with Gasteiger partial charge in [0.25, 0.3) is 0 Å². The van der Waals surface area contributed by atoms with Gasteiger partial charge < -0.3 is 23.8 Å². The number of amides is 1. The number of piperazine rings is 1. The van der Waals surface area contributed by atoms with Gasteiger partial charge in [-0.25, -0.2) is 4.79 Å². The fourth-order valence-electron chi connectivity index (χ4n) is 4.33. The third-order valence-corrected chi connectivity index (χ3v) is 6.62. The quantitative estimate of drug-likeness (QED) is 0.714. The molecule has 158 valence electrons. The summed E-state index contributed by atoms with van der Waals surface area (Å²) in [6.07, 6.45) is 0.804. The molecule has 0 spiro atoms. The Morgan fingerprint density at radius 3 is 2.10 bits per heavy atom. The maximum absolute atomic E-state index is 12.4. The fourth-order valence-corrected chi connectivity index (χ4v) is 4.33. The highest BCUT2D eigenvalue weighted by Crippen LogP contribution is 2.37. The first-order chi connectivity index (χ1) is 13.4. The van der Waals surface area contributed by atoms with Gasteiger partial charge in [-0.2, -0.15) is 0 Å². The van der Waals surface area contributed by atoms with E-state index in [1.165, 1.54) is 5.69 Å². The Morgan fingerprint density at radius 2 is 1.62 bits per heavy atom. The van der Waals surface area contributed by atoms with Crippen molar-refractivity contribution in [3.8, 4) is 0 Å². The largest absolute Gasteiger partial charge is 0.494 e. The lowest BCUT2D eigenvalue weighted by atomic mass is 9.79. The average Bonchev–Trinajstić information content (AvgIpc) is 3.25. The van der Waals surface area contributed by atoms with E-state index in [9.17, 15) is 4.79 Å². The number of carbonyl (C=O) groups excluding carboxylic acids is 1. The summed E-state index contributed by atoms with van der Waals surface area (Å²) >= 11 is 0. The zero-order valence-corrected chi connectivity index (χ0v) is 18.7. The van der Waals surface area contributed by atoms with Crippen molar-refractivity contribution in [3.05, 3.63) is 24.3 Å². The van der Waals surface area contributed by atoms with Crippen molar-refractivity contribution in [1.29, 1.82) is 0 Å². The van der Waals surface area contributed by atoms with E-state index in [2.05, 4.69) is 56.9 Å². The van der Waals surface area contributed by atoms with Gasteiger partial charge in [-0.15, -0.1) is 0 Å². The van der Waals surface area contributed by atoms with Crippen LogP contribution in [0.3, 0.4) is 0 Å². The van der Waals surface area contributed by atoms with E-state index in [1.807, 2.05) is 25.7 Å². The number of nitrogens with zero attached hydrogens (tertiary/aromatic N) is 2. The summed E-state index contributed by atoms with van der Waals surface area (Å²) in [6.45, 7) is 15.6. The monoisotopic (exact) mass is 400 g/mol. The van der Waals surface area contributed by atoms with Gasteiger partial charge in [0.1, 0.15) is 5.60 Å². The molecule has 3 fully saturated rings. The highest BCUT2D eigenvalue weighted by molar-refractivity contribution is 6.62. The van der Waals surface area contributed by atoms with Gasteiger partial charge >= 0.3 is 13.2 Å². The smallest absolute Gasteiger partial charge is 0.444 e. The van der Waals surface area contributed by atoms with Crippen LogP contribution >= 0.6 is 0 Å². The van der Waals surface area contributed by atoms with Crippen molar-refractivity contribution in [2.75, 3.05) is 18.0 Å². The van der Waals surface area contributed by atoms with Crippen LogP contribution in [0.4, 0.5) is 10.5 Å². The zero-order valence-electron chi connectivity index (χ0n) is 18.7. The number of hydrogen-bond donors (Lipinski definition) is 0. The van der Waals surface area contributed by atoms with Crippen molar-refractivity contribution in [2.45, 2.75) is 83.8 Å². The summed E-state index contributed by atoms with van der Waals surface area (Å²) in [7, 11) is -0.341. The topological polar surface area (TPSA) is 51.2 Å². The second kappa shape index (κ2) is 6.64. The second-order valence-electron chi connectivity index (χ2n) is 10.5. The molecule has 0 unspecified atom stereocenters. The lowest BCUT2D eigenvalue weighted by Crippen LogP contribution is -2.50. The predicted molar refractivity (Wildman–Crippen MR) is 115 cm³/mol. The van der Waals surface area contributed by atoms with Crippen molar-refractivity contribution < 1.29 is 18.8 Å². The minimum absolute atomic E-state index is 0.194. The van der Waals surface area contributed by atoms with Crippen LogP contribution < -0.4 is 10.4 Å². The second-order valence-corrected chi connectivity index (χ2v) is 10.5. The van der Waals surface area contributed by atoms with Crippen molar-refractivity contribution >= 4 is 24.4 Å². The number of ether oxygens (including phenoxy) is 1. The van der Waals surface area contributed by atoms with Gasteiger partial charge in [0.2, 0.25) is 0 Å². The highest BCUT2D eigenvalue weighted by Gasteiger charge is 2.52. The molecule has 1 aromatic rings. The van der Waals surface area contributed by atoms with E-state index in [0.29, 0.717) is 6.04 Å². The van der Waals surface area contributed by atoms with Gasteiger partial charge in [0.05, 0.1) is 17.2 Å². The molecule has 3 saturated heterocycles. The highest BCUT2D eigenvalue weighted by atomic mass is 16.7. The standard InChI is InChI=1S/C22H33BN2O4/c1-20(2,3)27-19(26)25-14-17-12-18(25)13-24(17)16-10-8-15(9-11-16)23-28-21(4,5)22(6,7)29-23/h8-11,17-18H,12-14H2,1-7H3/t17-,18+/m0/s1. The number of anilines is 1. The number of rotatable bonds is 2. The molecule has 6 nitrogen and oxygen atoms in total. The number of hydrogen-bond acceptors (Lipinski definition) is 5. The Balaban J connectivity index is 1.40. The van der Waals surface area contributed by atoms with Gasteiger partial charge in [-0.05, 0) is 72.5 Å². The first-order valence-corrected chi connectivity index (χ1v) is 10.6. The first-order valence-electron chi connectivity index (χ1n) is 10.6. The van der Waals surface area contributed by atoms with Crippen LogP contribution in [0.1, 0.15) is 54.9 Å². The molecular weight excluding hydrogens is 367 g/mol. The Morgan fingerprint density at radius 1 is 1.03 bits per heavy atom. The molecule has 0 aromatic heterocycles. The van der Waals surface area contributed by atoms with E-state index < -0.39 is 5.60 Å². The summed E-state index contributed by atoms with van der Waals surface area (Å²) in [4.78, 5) is 16.7. The molecule has 0 radical (unpaired) electrons. The molecule has 0 saturated carbocycles. The van der Waals surface area contributed by atoms with Crippen LogP contribution in [-0.2, 0) is 14.0 Å². The summed E-state index contributed by atoms with van der Waals surface area (Å²) in [5.41, 5.74) is 1.08. The van der Waals surface area contributed by atoms with Crippen LogP contribution in [-0.4, -0.2) is 60.1 Å². The summed E-state index contributed by atoms with van der Waals surface area (Å²) in [5.74, 6) is 0. The molecule has 3 heterocycles. The minimum atomic E-state index is -0.456. The Bertz CT molecular complexity index is 771. The van der Waals surface area contributed by atoms with Crippen LogP contribution in [0, 0.1) is 0 Å². The van der Waals surface area contributed by atoms with E-state index >= 15 is 0 Å². The third kappa shape index (κ3) is 3.75. The summed E-state index contributed by atoms with van der Waals surface area (Å²) < 4.78 is 17.9. The molecule has 2 bridgehead atoms. The molecule has 7 heteroatoms. The maximum Gasteiger partial charge on any atom is 0.494 e. The van der Waals surface area contributed by atoms with Gasteiger partial charge in [-0.1, -0.05) is 12.1 Å². The lowest BCUT2D eigenvalue weighted by molar-refractivity contribution is 0.00578. The molecule has 1 aromatic carbocycles. The van der Waals surface area contributed by atoms with Gasteiger partial charge in [0, 0.05) is 24.8 Å². The van der Waals surface area contributed by atoms with E-state index in [0.717, 1.165) is 25.0 Å². The van der Waals surface area contributed by atoms with Gasteiger partial charge in [0.15, 0.2) is 0 Å². The van der Waals surface area contributed by atoms with Crippen molar-refractivity contribution in [2.24, 2.45) is 0 Å². The minimum Gasteiger partial charge on any atom is -0.444 e. The zero-order chi connectivity index (χ0) is 21.2. The number of benzene rings is 1. The Kier molecular flexibility index (Phi) is 4.70. The predicted octanol–water partition coefficient (Wildman–Crippen LogP) is 3.18. The number of likely N-dealkylation sites (tertiary alicyclic amines) is 1. The fraction of sp³-hybridized carbons (Fsp3) is 0.682. The molecular formula is C22H33BN2O4. The molecule has 0 N–H and O–H groups in total. The molecule has 0 aliphatic carbocycles. The van der Waals surface area contributed by atoms with Crippen LogP contribution in [0.5, 0.6) is 0 Å². The maximum atomic E-state index is 12.4. The lowest BCUT2D eigenvalue weighted by Gasteiger charge is -2.36. The average molecular weight is 400 g/mol. The third-order valence-electron chi connectivity index (χ3n) is 6.62. The van der Waals surface area contributed by atoms with E-state index in [4.69, 9.17) is 14.0 Å². The van der Waals surface area contributed by atoms with Gasteiger partial charge in [-0.3, -0.25) is 0 Å². The van der Waals surface area contributed by atoms with Crippen LogP contribution in [0.25, 0.3) is 0 Å². The van der Waals surface area contributed by atoms with E-state index in [-0.39, 0.29) is 30.5 Å². The normalized spacial score (nSPS) is 27.6. The van der Waals surface area contributed by atoms with Crippen LogP contribution in [0.15, 0.2) is 24.3 Å². The SMILES string of the molecule is CC(C)(C)OC(=O)N1C[C@@H]2C[C@@H]1CN2c1ccc(B2OC(C)(C)C(C)(C)O2)cc1. The first kappa shape index (κ1) is 20.5. The van der Waals surface area contributed by atoms with Crippen LogP contribution in [0.2, 0.25) is 0 Å². The van der Waals surface area contributed by atoms with Crippen molar-refractivity contribution in [1.82, 2.24) is 4.90 Å². The molecule has 29 heavy (non-hydrogen) atoms. The summed E-state index contributed by atoms with van der Waals surface area (Å²) in [5, 5.41) is 0. The molecule has 2 atom stereocenters.